The van der Waals surface area contributed by atoms with E-state index in [4.69, 9.17) is 0 Å². The van der Waals surface area contributed by atoms with Crippen LogP contribution in [0.1, 0.15) is 20.8 Å². The monoisotopic (exact) mass is 1200 g/mol. The average molecular weight is 1200 g/mol. The highest BCUT2D eigenvalue weighted by atomic mass is 32.2. The summed E-state index contributed by atoms with van der Waals surface area (Å²) >= 11 is -3.04. The van der Waals surface area contributed by atoms with Crippen LogP contribution in [0.15, 0.2) is 0 Å². The molecule has 0 amide bonds. The van der Waals surface area contributed by atoms with Crippen molar-refractivity contribution in [3.8, 4) is 0 Å². The maximum atomic E-state index is 14.2. The van der Waals surface area contributed by atoms with E-state index in [9.17, 15) is 184 Å². The van der Waals surface area contributed by atoms with Crippen molar-refractivity contribution in [2.24, 2.45) is 0 Å². The molecule has 0 aromatic heterocycles. The highest BCUT2D eigenvalue weighted by molar-refractivity contribution is 7.94. The Labute approximate surface area is 365 Å². The molecule has 0 aromatic carbocycles. The summed E-state index contributed by atoms with van der Waals surface area (Å²) in [5.74, 6) is -188. The van der Waals surface area contributed by atoms with Gasteiger partial charge in [-0.25, -0.2) is 8.96 Å². The first-order chi connectivity index (χ1) is 30.0. The average Bonchev–Trinajstić information content (AvgIpc) is 3.14. The predicted octanol–water partition coefficient (Wildman–Crippen LogP) is 15.9. The van der Waals surface area contributed by atoms with Crippen molar-refractivity contribution in [1.29, 1.82) is 0 Å². The zero-order chi connectivity index (χ0) is 58.9. The van der Waals surface area contributed by atoms with Crippen molar-refractivity contribution in [2.75, 3.05) is 0 Å². The Bertz CT molecular complexity index is 1940. The van der Waals surface area contributed by atoms with Crippen LogP contribution in [0.25, 0.3) is 0 Å². The van der Waals surface area contributed by atoms with Gasteiger partial charge in [0.15, 0.2) is 0 Å². The van der Waals surface area contributed by atoms with Crippen molar-refractivity contribution in [3.05, 3.63) is 0 Å². The Morgan fingerprint density at radius 2 is 0.465 bits per heavy atom. The van der Waals surface area contributed by atoms with Crippen LogP contribution in [0.5, 0.6) is 0 Å². The van der Waals surface area contributed by atoms with Gasteiger partial charge in [-0.1, -0.05) is 0 Å². The van der Waals surface area contributed by atoms with Crippen molar-refractivity contribution in [3.63, 3.8) is 0 Å². The van der Waals surface area contributed by atoms with E-state index >= 15 is 0 Å². The first-order valence-corrected chi connectivity index (χ1v) is 18.0. The largest absolute Gasteiger partial charge is 0.513 e. The van der Waals surface area contributed by atoms with Gasteiger partial charge in [0.1, 0.15) is 6.10 Å². The highest BCUT2D eigenvalue weighted by Crippen LogP contribution is 2.71. The molecule has 0 spiro atoms. The van der Waals surface area contributed by atoms with E-state index in [2.05, 4.69) is 9.05 Å². The van der Waals surface area contributed by atoms with Gasteiger partial charge in [0.2, 0.25) is 5.50 Å². The molecule has 0 saturated heterocycles. The first-order valence-electron chi connectivity index (χ1n) is 15.8. The van der Waals surface area contributed by atoms with Crippen LogP contribution in [0.3, 0.4) is 0 Å². The van der Waals surface area contributed by atoms with E-state index in [-0.39, 0.29) is 0 Å². The zero-order valence-electron chi connectivity index (χ0n) is 31.8. The van der Waals surface area contributed by atoms with E-state index in [1.54, 1.807) is 0 Å². The topological polar surface area (TPSA) is 35.5 Å². The molecule has 3 atom stereocenters. The van der Waals surface area contributed by atoms with Crippen LogP contribution >= 0.6 is 20.1 Å². The van der Waals surface area contributed by atoms with E-state index in [1.807, 2.05) is 0 Å². The highest BCUT2D eigenvalue weighted by Gasteiger charge is 3.03. The Hall–Kier alpha value is -2.37. The first kappa shape index (κ1) is 68.6. The summed E-state index contributed by atoms with van der Waals surface area (Å²) in [6.45, 7) is 0.000570. The summed E-state index contributed by atoms with van der Waals surface area (Å²) in [7, 11) is -6.94. The van der Waals surface area contributed by atoms with Crippen LogP contribution in [-0.2, 0) is 13.6 Å². The molecule has 0 fully saturated rings. The second kappa shape index (κ2) is 17.9. The summed E-state index contributed by atoms with van der Waals surface area (Å²) in [4.78, 5) is 0. The molecular weight excluding hydrogens is 1190 g/mol. The van der Waals surface area contributed by atoms with Crippen LogP contribution in [-0.4, -0.2) is 130 Å². The van der Waals surface area contributed by atoms with E-state index in [0.717, 1.165) is 0 Å². The second-order valence-electron chi connectivity index (χ2n) is 13.7. The maximum Gasteiger partial charge on any atom is 0.513 e. The minimum Gasteiger partial charge on any atom is -0.281 e. The van der Waals surface area contributed by atoms with Crippen LogP contribution < -0.4 is 0 Å². The molecule has 0 saturated carbocycles. The second-order valence-corrected chi connectivity index (χ2v) is 15.6. The molecule has 0 bridgehead atoms. The number of rotatable bonds is 25. The number of alkyl halides is 39. The summed E-state index contributed by atoms with van der Waals surface area (Å²) in [5.41, 5.74) is -5.83. The molecule has 0 N–H and O–H groups in total. The minimum atomic E-state index is -10.6. The molecule has 3 nitrogen and oxygen atoms in total. The number of hydrogen-bond acceptors (Lipinski definition) is 4. The Balaban J connectivity index is 7.95. The van der Waals surface area contributed by atoms with Crippen molar-refractivity contribution in [1.82, 2.24) is 0 Å². The molecule has 0 heterocycles. The van der Waals surface area contributed by atoms with Gasteiger partial charge >= 0.3 is 120 Å². The van der Waals surface area contributed by atoms with Gasteiger partial charge in [-0.05, 0) is 20.8 Å². The molecule has 0 rings (SSSR count). The SMILES string of the molecule is CC(C)OP(=O)(F)OC(C)C(F)(F)C(F)(F)C(F)(F)C(F)(F)C(F)(F)C(F)(F)C(F)(F)C(F)(F)C(F)(F)C(F)(F)C(F)(F)C(F)(F)C(F)(F)C(F)(F)C(F)(F)C(F)(F)C(F)(F)C(F)(F)C(F)(F)C(F)SF. The lowest BCUT2D eigenvalue weighted by Crippen LogP contribution is -2.80. The fourth-order valence-corrected chi connectivity index (χ4v) is 5.68. The van der Waals surface area contributed by atoms with E-state index < -0.39 is 157 Å². The smallest absolute Gasteiger partial charge is 0.281 e. The molecule has 428 valence electrons. The molecule has 0 aliphatic carbocycles. The molecule has 3 unspecified atom stereocenters. The van der Waals surface area contributed by atoms with Gasteiger partial charge < -0.3 is 0 Å². The normalized spacial score (nSPS) is 18.5. The third-order valence-electron chi connectivity index (χ3n) is 8.64. The lowest BCUT2D eigenvalue weighted by atomic mass is 9.81. The number of halogens is 41. The van der Waals surface area contributed by atoms with Crippen LogP contribution in [0.4, 0.5) is 179 Å². The lowest BCUT2D eigenvalue weighted by molar-refractivity contribution is -0.494. The summed E-state index contributed by atoms with van der Waals surface area (Å²) in [6.07, 6.45) is -6.82. The fraction of sp³-hybridized carbons (Fsp3) is 1.00. The predicted molar refractivity (Wildman–Crippen MR) is 143 cm³/mol. The fourth-order valence-electron chi connectivity index (χ4n) is 4.36. The Morgan fingerprint density at radius 1 is 0.310 bits per heavy atom. The van der Waals surface area contributed by atoms with Crippen LogP contribution in [0, 0.1) is 0 Å². The standard InChI is InChI=1S/C25H12F41O3PS/c1-4(2)68-70(65,67)69-5(3)7(27,28)9(31,32)11(35,36)13(39,40)15(43,44)17(47,48)19(51,52)21(55,56)23(59,60)25(63,64)24(61,62)22(57,58)20(53,54)18(49,50)16(45,46)14(41,42)12(37,38)10(33,34)8(29,30)6(26)71-66/h4-6H,1-3H3. The van der Waals surface area contributed by atoms with Gasteiger partial charge in [0.25, 0.3) is 0 Å². The molecule has 46 heteroatoms. The van der Waals surface area contributed by atoms with E-state index in [0.29, 0.717) is 13.8 Å². The van der Waals surface area contributed by atoms with Gasteiger partial charge in [-0.2, -0.15) is 171 Å². The Kier molecular flexibility index (Phi) is 17.3. The molecule has 0 aromatic rings. The molecule has 0 aliphatic heterocycles. The van der Waals surface area contributed by atoms with Gasteiger partial charge in [-0.15, -0.1) is 4.20 Å². The molecule has 0 aliphatic rings. The van der Waals surface area contributed by atoms with Crippen molar-refractivity contribution in [2.45, 2.75) is 151 Å². The van der Waals surface area contributed by atoms with E-state index in [1.165, 1.54) is 0 Å². The Morgan fingerprint density at radius 3 is 0.620 bits per heavy atom. The molecular formula is C25H12F41O3PS. The zero-order valence-corrected chi connectivity index (χ0v) is 33.5. The summed E-state index contributed by atoms with van der Waals surface area (Å²) in [6, 6.07) is 0. The van der Waals surface area contributed by atoms with Gasteiger partial charge in [0, 0.05) is 0 Å². The maximum absolute atomic E-state index is 14.2. The lowest BCUT2D eigenvalue weighted by Gasteiger charge is -2.47. The third-order valence-corrected chi connectivity index (χ3v) is 10.3. The van der Waals surface area contributed by atoms with Crippen molar-refractivity contribution < 1.29 is 193 Å². The van der Waals surface area contributed by atoms with Crippen LogP contribution in [0.2, 0.25) is 0 Å². The molecule has 0 radical (unpaired) electrons. The number of hydrogen-bond donors (Lipinski definition) is 0. The summed E-state index contributed by atoms with van der Waals surface area (Å²) < 4.78 is 589. The van der Waals surface area contributed by atoms with Crippen molar-refractivity contribution >= 4 is 20.1 Å². The summed E-state index contributed by atoms with van der Waals surface area (Å²) in [5, 5.41) is 0. The molecule has 71 heavy (non-hydrogen) atoms. The quantitative estimate of drug-likeness (QED) is 0.0674. The van der Waals surface area contributed by atoms with Gasteiger partial charge in [-0.3, -0.25) is 9.05 Å². The van der Waals surface area contributed by atoms with Gasteiger partial charge in [0.05, 0.1) is 18.3 Å². The minimum absolute atomic E-state index is 0.519. The third kappa shape index (κ3) is 8.64.